The van der Waals surface area contributed by atoms with Crippen molar-refractivity contribution in [1.29, 1.82) is 0 Å². The van der Waals surface area contributed by atoms with Crippen LogP contribution in [0.4, 0.5) is 11.4 Å². The molecule has 7 nitrogen and oxygen atoms in total. The summed E-state index contributed by atoms with van der Waals surface area (Å²) < 4.78 is 11.2. The average Bonchev–Trinajstić information content (AvgIpc) is 2.89. The predicted molar refractivity (Wildman–Crippen MR) is 155 cm³/mol. The zero-order valence-corrected chi connectivity index (χ0v) is 23.7. The number of aliphatic hydroxyl groups is 2. The Hall–Kier alpha value is -1.54. The zero-order chi connectivity index (χ0) is 27.0. The van der Waals surface area contributed by atoms with Crippen molar-refractivity contribution >= 4 is 11.4 Å². The first-order valence-electron chi connectivity index (χ1n) is 14.9. The first-order chi connectivity index (χ1) is 18.1. The van der Waals surface area contributed by atoms with E-state index in [1.54, 1.807) is 12.1 Å². The van der Waals surface area contributed by atoms with Crippen LogP contribution >= 0.6 is 0 Å². The molecule has 216 valence electrons. The number of phenols is 1. The van der Waals surface area contributed by atoms with Crippen LogP contribution in [0.3, 0.4) is 0 Å². The van der Waals surface area contributed by atoms with Crippen molar-refractivity contribution in [1.82, 2.24) is 0 Å². The van der Waals surface area contributed by atoms with Crippen LogP contribution in [0.1, 0.15) is 104 Å². The number of hydrogen-bond donors (Lipinski definition) is 5. The first kappa shape index (κ1) is 33.5. The van der Waals surface area contributed by atoms with E-state index in [0.29, 0.717) is 31.1 Å². The lowest BCUT2D eigenvalue weighted by Gasteiger charge is -2.19. The normalized spacial score (nSPS) is 13.0. The Bertz CT molecular complexity index is 646. The van der Waals surface area contributed by atoms with Crippen molar-refractivity contribution in [2.45, 2.75) is 116 Å². The lowest BCUT2D eigenvalue weighted by Crippen LogP contribution is -2.27. The molecule has 2 atom stereocenters. The molecule has 0 fully saturated rings. The van der Waals surface area contributed by atoms with Crippen molar-refractivity contribution in [2.75, 3.05) is 50.2 Å². The lowest BCUT2D eigenvalue weighted by atomic mass is 10.1. The summed E-state index contributed by atoms with van der Waals surface area (Å²) in [5, 5.41) is 37.2. The Morgan fingerprint density at radius 3 is 1.62 bits per heavy atom. The molecule has 0 saturated carbocycles. The first-order valence-corrected chi connectivity index (χ1v) is 14.9. The molecule has 0 amide bonds. The second kappa shape index (κ2) is 23.6. The fourth-order valence-electron chi connectivity index (χ4n) is 4.20. The zero-order valence-electron chi connectivity index (χ0n) is 23.7. The lowest BCUT2D eigenvalue weighted by molar-refractivity contribution is 0.0414. The molecule has 0 aliphatic heterocycles. The van der Waals surface area contributed by atoms with Gasteiger partial charge in [-0.3, -0.25) is 0 Å². The second-order valence-corrected chi connectivity index (χ2v) is 10.2. The number of benzene rings is 1. The molecule has 0 radical (unpaired) electrons. The van der Waals surface area contributed by atoms with Crippen molar-refractivity contribution < 1.29 is 24.8 Å². The van der Waals surface area contributed by atoms with Gasteiger partial charge in [0.25, 0.3) is 0 Å². The van der Waals surface area contributed by atoms with Crippen molar-refractivity contribution in [3.8, 4) is 5.75 Å². The highest BCUT2D eigenvalue weighted by Crippen LogP contribution is 2.31. The quantitative estimate of drug-likeness (QED) is 0.0699. The number of para-hydroxylation sites is 1. The third-order valence-corrected chi connectivity index (χ3v) is 6.49. The van der Waals surface area contributed by atoms with Crippen molar-refractivity contribution in [3.05, 3.63) is 18.2 Å². The number of aromatic hydroxyl groups is 1. The highest BCUT2D eigenvalue weighted by molar-refractivity contribution is 5.75. The van der Waals surface area contributed by atoms with Crippen LogP contribution in [0.2, 0.25) is 0 Å². The predicted octanol–water partition coefficient (Wildman–Crippen LogP) is 6.47. The fraction of sp³-hybridized carbons (Fsp3) is 0.800. The number of aliphatic hydroxyl groups excluding tert-OH is 2. The van der Waals surface area contributed by atoms with Gasteiger partial charge in [0.2, 0.25) is 0 Å². The minimum atomic E-state index is -0.678. The molecule has 0 saturated heterocycles. The molecular formula is C30H56N2O5. The third kappa shape index (κ3) is 18.4. The van der Waals surface area contributed by atoms with E-state index in [1.165, 1.54) is 77.0 Å². The molecule has 7 heteroatoms. The molecule has 0 spiro atoms. The van der Waals surface area contributed by atoms with Gasteiger partial charge in [-0.05, 0) is 25.0 Å². The summed E-state index contributed by atoms with van der Waals surface area (Å²) in [6.45, 7) is 6.88. The number of nitrogens with one attached hydrogen (secondary N) is 2. The molecular weight excluding hydrogens is 468 g/mol. The van der Waals surface area contributed by atoms with E-state index >= 15 is 0 Å². The van der Waals surface area contributed by atoms with E-state index in [2.05, 4.69) is 24.5 Å². The summed E-state index contributed by atoms with van der Waals surface area (Å²) in [6.07, 6.45) is 16.0. The van der Waals surface area contributed by atoms with Gasteiger partial charge in [-0.15, -0.1) is 0 Å². The molecule has 0 aliphatic carbocycles. The van der Waals surface area contributed by atoms with Gasteiger partial charge in [0.05, 0.1) is 31.1 Å². The SMILES string of the molecule is CCCCCCCCCOCC(O)CNc1cccc(O)c1NCC(O)COCCCCCCCCC. The Kier molecular flexibility index (Phi) is 21.3. The monoisotopic (exact) mass is 524 g/mol. The second-order valence-electron chi connectivity index (χ2n) is 10.2. The highest BCUT2D eigenvalue weighted by atomic mass is 16.5. The number of ether oxygens (including phenoxy) is 2. The van der Waals surface area contributed by atoms with Crippen LogP contribution in [0.15, 0.2) is 18.2 Å². The minimum absolute atomic E-state index is 0.0888. The van der Waals surface area contributed by atoms with Gasteiger partial charge < -0.3 is 35.4 Å². The van der Waals surface area contributed by atoms with Crippen LogP contribution in [-0.4, -0.2) is 67.0 Å². The van der Waals surface area contributed by atoms with E-state index in [0.717, 1.165) is 12.8 Å². The number of unbranched alkanes of at least 4 members (excludes halogenated alkanes) is 12. The Labute approximate surface area is 226 Å². The Balaban J connectivity index is 2.20. The van der Waals surface area contributed by atoms with Crippen LogP contribution in [0.5, 0.6) is 5.75 Å². The standard InChI is InChI=1S/C30H56N2O5/c1-3-5-7-9-11-13-15-20-36-24-26(33)22-31-28-18-17-19-29(35)30(28)32-23-27(34)25-37-21-16-14-12-10-8-6-4-2/h17-19,26-27,31-35H,3-16,20-25H2,1-2H3. The largest absolute Gasteiger partial charge is 0.506 e. The topological polar surface area (TPSA) is 103 Å². The summed E-state index contributed by atoms with van der Waals surface area (Å²) in [6, 6.07) is 5.17. The summed E-state index contributed by atoms with van der Waals surface area (Å²) >= 11 is 0. The molecule has 37 heavy (non-hydrogen) atoms. The van der Waals surface area contributed by atoms with Gasteiger partial charge in [0.1, 0.15) is 11.4 Å². The van der Waals surface area contributed by atoms with Crippen LogP contribution < -0.4 is 10.6 Å². The summed E-state index contributed by atoms with van der Waals surface area (Å²) in [7, 11) is 0. The van der Waals surface area contributed by atoms with Gasteiger partial charge in [0.15, 0.2) is 0 Å². The third-order valence-electron chi connectivity index (χ3n) is 6.49. The van der Waals surface area contributed by atoms with Crippen LogP contribution in [0.25, 0.3) is 0 Å². The van der Waals surface area contributed by atoms with Crippen LogP contribution in [0, 0.1) is 0 Å². The summed E-state index contributed by atoms with van der Waals surface area (Å²) in [5.41, 5.74) is 1.17. The van der Waals surface area contributed by atoms with Gasteiger partial charge in [-0.2, -0.15) is 0 Å². The smallest absolute Gasteiger partial charge is 0.140 e. The molecule has 1 rings (SSSR count). The molecule has 0 heterocycles. The van der Waals surface area contributed by atoms with E-state index in [4.69, 9.17) is 9.47 Å². The maximum atomic E-state index is 10.3. The van der Waals surface area contributed by atoms with Gasteiger partial charge in [-0.25, -0.2) is 0 Å². The van der Waals surface area contributed by atoms with Crippen molar-refractivity contribution in [3.63, 3.8) is 0 Å². The Morgan fingerprint density at radius 1 is 0.649 bits per heavy atom. The summed E-state index contributed by atoms with van der Waals surface area (Å²) in [4.78, 5) is 0. The molecule has 5 N–H and O–H groups in total. The number of phenolic OH excluding ortho intramolecular Hbond substituents is 1. The van der Waals surface area contributed by atoms with E-state index in [-0.39, 0.29) is 25.5 Å². The maximum absolute atomic E-state index is 10.3. The molecule has 0 aromatic heterocycles. The van der Waals surface area contributed by atoms with E-state index in [9.17, 15) is 15.3 Å². The van der Waals surface area contributed by atoms with Crippen LogP contribution in [-0.2, 0) is 9.47 Å². The van der Waals surface area contributed by atoms with E-state index in [1.807, 2.05) is 6.07 Å². The van der Waals surface area contributed by atoms with Gasteiger partial charge >= 0.3 is 0 Å². The van der Waals surface area contributed by atoms with Gasteiger partial charge in [0, 0.05) is 26.3 Å². The number of hydrogen-bond acceptors (Lipinski definition) is 7. The Morgan fingerprint density at radius 2 is 1.11 bits per heavy atom. The molecule has 2 unspecified atom stereocenters. The van der Waals surface area contributed by atoms with Gasteiger partial charge in [-0.1, -0.05) is 97.0 Å². The number of rotatable bonds is 26. The van der Waals surface area contributed by atoms with E-state index < -0.39 is 12.2 Å². The number of anilines is 2. The molecule has 0 bridgehead atoms. The molecule has 1 aromatic carbocycles. The summed E-state index contributed by atoms with van der Waals surface area (Å²) in [5.74, 6) is 0.0888. The fourth-order valence-corrected chi connectivity index (χ4v) is 4.20. The highest BCUT2D eigenvalue weighted by Gasteiger charge is 2.12. The average molecular weight is 525 g/mol. The molecule has 0 aliphatic rings. The van der Waals surface area contributed by atoms with Crippen molar-refractivity contribution in [2.24, 2.45) is 0 Å². The minimum Gasteiger partial charge on any atom is -0.506 e. The molecule has 1 aromatic rings. The maximum Gasteiger partial charge on any atom is 0.140 e.